The third kappa shape index (κ3) is 5.47. The van der Waals surface area contributed by atoms with Gasteiger partial charge in [-0.25, -0.2) is 4.98 Å². The molecular weight excluding hydrogens is 256 g/mol. The second kappa shape index (κ2) is 6.33. The maximum atomic E-state index is 11.2. The molecule has 0 radical (unpaired) electrons. The van der Waals surface area contributed by atoms with Crippen LogP contribution >= 0.6 is 11.6 Å². The zero-order valence-corrected chi connectivity index (χ0v) is 12.3. The SMILES string of the molecule is C[Si](C)(C)CCOCc1cnc(C(=O)CCl)[nH]1. The number of imidazole rings is 1. The van der Waals surface area contributed by atoms with Gasteiger partial charge in [-0.15, -0.1) is 11.6 Å². The maximum absolute atomic E-state index is 11.2. The van der Waals surface area contributed by atoms with Crippen LogP contribution in [0.5, 0.6) is 0 Å². The van der Waals surface area contributed by atoms with Crippen molar-refractivity contribution >= 4 is 25.5 Å². The summed E-state index contributed by atoms with van der Waals surface area (Å²) < 4.78 is 5.54. The number of alkyl halides is 1. The summed E-state index contributed by atoms with van der Waals surface area (Å²) in [6.45, 7) is 8.15. The number of nitrogens with one attached hydrogen (secondary N) is 1. The molecule has 1 N–H and O–H groups in total. The second-order valence-electron chi connectivity index (χ2n) is 5.18. The smallest absolute Gasteiger partial charge is 0.212 e. The molecule has 1 aromatic heterocycles. The van der Waals surface area contributed by atoms with E-state index in [1.807, 2.05) is 0 Å². The van der Waals surface area contributed by atoms with Crippen LogP contribution in [0, 0.1) is 0 Å². The van der Waals surface area contributed by atoms with Gasteiger partial charge in [0.05, 0.1) is 24.4 Å². The molecule has 0 atom stereocenters. The van der Waals surface area contributed by atoms with E-state index in [1.165, 1.54) is 0 Å². The van der Waals surface area contributed by atoms with Crippen molar-refractivity contribution in [3.63, 3.8) is 0 Å². The van der Waals surface area contributed by atoms with Gasteiger partial charge in [0.2, 0.25) is 5.78 Å². The Labute approximate surface area is 108 Å². The number of H-pyrrole nitrogens is 1. The van der Waals surface area contributed by atoms with E-state index in [4.69, 9.17) is 16.3 Å². The first-order valence-electron chi connectivity index (χ1n) is 5.63. The minimum absolute atomic E-state index is 0.0521. The lowest BCUT2D eigenvalue weighted by atomic mass is 10.4. The normalized spacial score (nSPS) is 11.8. The van der Waals surface area contributed by atoms with E-state index in [-0.39, 0.29) is 11.7 Å². The van der Waals surface area contributed by atoms with Crippen LogP contribution in [0.15, 0.2) is 6.20 Å². The van der Waals surface area contributed by atoms with Crippen LogP contribution in [0.4, 0.5) is 0 Å². The topological polar surface area (TPSA) is 55.0 Å². The molecule has 0 amide bonds. The molecule has 0 saturated heterocycles. The zero-order chi connectivity index (χ0) is 12.9. The number of hydrogen-bond donors (Lipinski definition) is 1. The van der Waals surface area contributed by atoms with Gasteiger partial charge in [-0.1, -0.05) is 19.6 Å². The number of carbonyl (C=O) groups is 1. The Morgan fingerprint density at radius 2 is 2.24 bits per heavy atom. The molecule has 0 fully saturated rings. The average Bonchev–Trinajstić information content (AvgIpc) is 2.70. The lowest BCUT2D eigenvalue weighted by molar-refractivity contribution is 0.101. The second-order valence-corrected chi connectivity index (χ2v) is 11.1. The number of halogens is 1. The van der Waals surface area contributed by atoms with Crippen LogP contribution in [0.3, 0.4) is 0 Å². The van der Waals surface area contributed by atoms with Crippen LogP contribution in [0.25, 0.3) is 0 Å². The Balaban J connectivity index is 2.33. The number of ether oxygens (including phenoxy) is 1. The number of ketones is 1. The van der Waals surface area contributed by atoms with E-state index < -0.39 is 8.07 Å². The van der Waals surface area contributed by atoms with Gasteiger partial charge in [-0.05, 0) is 6.04 Å². The van der Waals surface area contributed by atoms with Gasteiger partial charge in [0.15, 0.2) is 5.82 Å². The summed E-state index contributed by atoms with van der Waals surface area (Å²) in [6, 6.07) is 1.13. The summed E-state index contributed by atoms with van der Waals surface area (Å²) in [6.07, 6.45) is 1.62. The molecule has 1 aromatic rings. The van der Waals surface area contributed by atoms with Gasteiger partial charge in [0.25, 0.3) is 0 Å². The fraction of sp³-hybridized carbons (Fsp3) is 0.636. The highest BCUT2D eigenvalue weighted by atomic mass is 35.5. The molecular formula is C11H19ClN2O2Si. The first-order valence-corrected chi connectivity index (χ1v) is 9.87. The van der Waals surface area contributed by atoms with Crippen LogP contribution in [-0.2, 0) is 11.3 Å². The average molecular weight is 275 g/mol. The minimum atomic E-state index is -1.04. The van der Waals surface area contributed by atoms with Crippen LogP contribution in [-0.4, -0.2) is 36.3 Å². The number of nitrogens with zero attached hydrogens (tertiary/aromatic N) is 1. The first kappa shape index (κ1) is 14.4. The Kier molecular flexibility index (Phi) is 5.36. The third-order valence-corrected chi connectivity index (χ3v) is 4.21. The quantitative estimate of drug-likeness (QED) is 0.360. The predicted molar refractivity (Wildman–Crippen MR) is 71.4 cm³/mol. The number of aromatic nitrogens is 2. The van der Waals surface area contributed by atoms with Gasteiger partial charge < -0.3 is 9.72 Å². The van der Waals surface area contributed by atoms with E-state index in [9.17, 15) is 4.79 Å². The summed E-state index contributed by atoms with van der Waals surface area (Å²) in [4.78, 5) is 18.1. The highest BCUT2D eigenvalue weighted by Crippen LogP contribution is 2.08. The third-order valence-electron chi connectivity index (χ3n) is 2.27. The highest BCUT2D eigenvalue weighted by molar-refractivity contribution is 6.76. The van der Waals surface area contributed by atoms with Gasteiger partial charge in [0.1, 0.15) is 0 Å². The van der Waals surface area contributed by atoms with Crippen LogP contribution in [0.2, 0.25) is 25.7 Å². The Morgan fingerprint density at radius 1 is 1.53 bits per heavy atom. The van der Waals surface area contributed by atoms with Gasteiger partial charge in [-0.2, -0.15) is 0 Å². The van der Waals surface area contributed by atoms with E-state index in [2.05, 4.69) is 29.6 Å². The molecule has 96 valence electrons. The summed E-state index contributed by atoms with van der Waals surface area (Å²) in [5.74, 6) is 0.0625. The van der Waals surface area contributed by atoms with Crippen molar-refractivity contribution in [1.29, 1.82) is 0 Å². The number of Topliss-reactive ketones (excluding diaryl/α,β-unsaturated/α-hetero) is 1. The Morgan fingerprint density at radius 3 is 2.82 bits per heavy atom. The van der Waals surface area contributed by atoms with Crippen molar-refractivity contribution in [2.45, 2.75) is 32.3 Å². The minimum Gasteiger partial charge on any atom is -0.375 e. The van der Waals surface area contributed by atoms with Crippen molar-refractivity contribution in [1.82, 2.24) is 9.97 Å². The molecule has 0 unspecified atom stereocenters. The number of rotatable bonds is 7. The number of aromatic amines is 1. The Hall–Kier alpha value is -0.653. The summed E-state index contributed by atoms with van der Waals surface area (Å²) in [5.41, 5.74) is 0.814. The van der Waals surface area contributed by atoms with E-state index in [0.29, 0.717) is 12.4 Å². The fourth-order valence-corrected chi connectivity index (χ4v) is 2.08. The van der Waals surface area contributed by atoms with Crippen LogP contribution in [0.1, 0.15) is 16.3 Å². The van der Waals surface area contributed by atoms with Gasteiger partial charge >= 0.3 is 0 Å². The molecule has 0 bridgehead atoms. The zero-order valence-electron chi connectivity index (χ0n) is 10.5. The van der Waals surface area contributed by atoms with Gasteiger partial charge in [-0.3, -0.25) is 4.79 Å². The Bertz CT molecular complexity index is 374. The van der Waals surface area contributed by atoms with Crippen molar-refractivity contribution in [2.24, 2.45) is 0 Å². The van der Waals surface area contributed by atoms with E-state index in [1.54, 1.807) is 6.20 Å². The van der Waals surface area contributed by atoms with Crippen molar-refractivity contribution in [3.05, 3.63) is 17.7 Å². The largest absolute Gasteiger partial charge is 0.375 e. The monoisotopic (exact) mass is 274 g/mol. The molecule has 0 aliphatic heterocycles. The lowest BCUT2D eigenvalue weighted by Gasteiger charge is -2.14. The molecule has 0 saturated carbocycles. The fourth-order valence-electron chi connectivity index (χ4n) is 1.20. The van der Waals surface area contributed by atoms with E-state index >= 15 is 0 Å². The van der Waals surface area contributed by atoms with E-state index in [0.717, 1.165) is 18.3 Å². The predicted octanol–water partition coefficient (Wildman–Crippen LogP) is 2.69. The molecule has 6 heteroatoms. The highest BCUT2D eigenvalue weighted by Gasteiger charge is 2.12. The molecule has 0 aliphatic carbocycles. The molecule has 0 aliphatic rings. The van der Waals surface area contributed by atoms with Crippen molar-refractivity contribution in [3.8, 4) is 0 Å². The molecule has 0 spiro atoms. The molecule has 1 heterocycles. The van der Waals surface area contributed by atoms with Crippen molar-refractivity contribution < 1.29 is 9.53 Å². The van der Waals surface area contributed by atoms with Crippen molar-refractivity contribution in [2.75, 3.05) is 12.5 Å². The number of carbonyl (C=O) groups excluding carboxylic acids is 1. The summed E-state index contributed by atoms with van der Waals surface area (Å²) in [5, 5.41) is 0. The van der Waals surface area contributed by atoms with Crippen LogP contribution < -0.4 is 0 Å². The first-order chi connectivity index (χ1) is 7.92. The van der Waals surface area contributed by atoms with Gasteiger partial charge in [0, 0.05) is 14.7 Å². The molecule has 0 aromatic carbocycles. The molecule has 17 heavy (non-hydrogen) atoms. The summed E-state index contributed by atoms with van der Waals surface area (Å²) in [7, 11) is -1.04. The molecule has 1 rings (SSSR count). The maximum Gasteiger partial charge on any atom is 0.212 e. The standard InChI is InChI=1S/C11H19ClN2O2Si/c1-17(2,3)5-4-16-8-9-7-13-11(14-9)10(15)6-12/h7H,4-6,8H2,1-3H3,(H,13,14). The summed E-state index contributed by atoms with van der Waals surface area (Å²) >= 11 is 5.44. The lowest BCUT2D eigenvalue weighted by Crippen LogP contribution is -2.21. The molecule has 4 nitrogen and oxygen atoms in total. The number of hydrogen-bond acceptors (Lipinski definition) is 3.